The van der Waals surface area contributed by atoms with Crippen LogP contribution in [0.4, 0.5) is 0 Å². The number of hydrogen-bond acceptors (Lipinski definition) is 0. The molecule has 0 saturated carbocycles. The number of benzene rings is 1. The molecule has 74 valence electrons. The fourth-order valence-corrected chi connectivity index (χ4v) is 1.56. The van der Waals surface area contributed by atoms with E-state index in [1.54, 1.807) is 0 Å². The van der Waals surface area contributed by atoms with Crippen LogP contribution in [0.3, 0.4) is 0 Å². The van der Waals surface area contributed by atoms with Gasteiger partial charge in [0, 0.05) is 0 Å². The summed E-state index contributed by atoms with van der Waals surface area (Å²) in [6, 6.07) is 8.57. The molecular formula is C14H18. The highest BCUT2D eigenvalue weighted by Gasteiger charge is 2.00. The SMILES string of the molecule is C=CC(=C)Cc1ccccc1CCC. The van der Waals surface area contributed by atoms with E-state index in [0.29, 0.717) is 0 Å². The molecule has 0 atom stereocenters. The number of allylic oxidation sites excluding steroid dienone is 2. The third kappa shape index (κ3) is 2.88. The topological polar surface area (TPSA) is 0 Å². The van der Waals surface area contributed by atoms with E-state index in [9.17, 15) is 0 Å². The van der Waals surface area contributed by atoms with Gasteiger partial charge in [-0.2, -0.15) is 0 Å². The molecule has 1 aromatic carbocycles. The maximum atomic E-state index is 3.95. The van der Waals surface area contributed by atoms with E-state index >= 15 is 0 Å². The maximum absolute atomic E-state index is 3.95. The van der Waals surface area contributed by atoms with Gasteiger partial charge in [0.2, 0.25) is 0 Å². The number of aryl methyl sites for hydroxylation is 1. The van der Waals surface area contributed by atoms with E-state index in [1.165, 1.54) is 17.5 Å². The molecule has 0 spiro atoms. The number of rotatable bonds is 5. The summed E-state index contributed by atoms with van der Waals surface area (Å²) in [6.45, 7) is 9.89. The van der Waals surface area contributed by atoms with Gasteiger partial charge in [0.25, 0.3) is 0 Å². The molecule has 0 nitrogen and oxygen atoms in total. The molecule has 1 aromatic rings. The van der Waals surface area contributed by atoms with Crippen LogP contribution in [-0.4, -0.2) is 0 Å². The smallest absolute Gasteiger partial charge is 0.00291 e. The Labute approximate surface area is 87.0 Å². The lowest BCUT2D eigenvalue weighted by Crippen LogP contribution is -1.94. The van der Waals surface area contributed by atoms with Gasteiger partial charge < -0.3 is 0 Å². The highest BCUT2D eigenvalue weighted by Crippen LogP contribution is 2.14. The largest absolute Gasteiger partial charge is 0.0988 e. The van der Waals surface area contributed by atoms with Gasteiger partial charge in [-0.25, -0.2) is 0 Å². The minimum atomic E-state index is 0.930. The van der Waals surface area contributed by atoms with Gasteiger partial charge in [-0.15, -0.1) is 0 Å². The minimum absolute atomic E-state index is 0.930. The molecule has 0 aliphatic heterocycles. The lowest BCUT2D eigenvalue weighted by atomic mass is 9.98. The Morgan fingerprint density at radius 1 is 1.29 bits per heavy atom. The molecule has 0 N–H and O–H groups in total. The molecule has 0 heteroatoms. The maximum Gasteiger partial charge on any atom is -0.00291 e. The summed E-state index contributed by atoms with van der Waals surface area (Å²) < 4.78 is 0. The summed E-state index contributed by atoms with van der Waals surface area (Å²) in [5.74, 6) is 0. The minimum Gasteiger partial charge on any atom is -0.0988 e. The van der Waals surface area contributed by atoms with Gasteiger partial charge in [-0.05, 0) is 24.0 Å². The van der Waals surface area contributed by atoms with E-state index in [1.807, 2.05) is 6.08 Å². The van der Waals surface area contributed by atoms with Crippen molar-refractivity contribution in [3.63, 3.8) is 0 Å². The van der Waals surface area contributed by atoms with Crippen molar-refractivity contribution in [2.75, 3.05) is 0 Å². The molecule has 0 bridgehead atoms. The van der Waals surface area contributed by atoms with E-state index in [0.717, 1.165) is 18.4 Å². The van der Waals surface area contributed by atoms with Gasteiger partial charge >= 0.3 is 0 Å². The first-order valence-electron chi connectivity index (χ1n) is 5.15. The van der Waals surface area contributed by atoms with Crippen LogP contribution < -0.4 is 0 Å². The van der Waals surface area contributed by atoms with Crippen molar-refractivity contribution in [1.82, 2.24) is 0 Å². The molecule has 0 saturated heterocycles. The highest BCUT2D eigenvalue weighted by atomic mass is 14.1. The molecule has 0 heterocycles. The first-order chi connectivity index (χ1) is 6.77. The normalized spacial score (nSPS) is 9.79. The summed E-state index contributed by atoms with van der Waals surface area (Å²) >= 11 is 0. The van der Waals surface area contributed by atoms with Crippen LogP contribution in [0.15, 0.2) is 49.1 Å². The van der Waals surface area contributed by atoms with Crippen molar-refractivity contribution in [3.8, 4) is 0 Å². The van der Waals surface area contributed by atoms with Crippen molar-refractivity contribution in [1.29, 1.82) is 0 Å². The van der Waals surface area contributed by atoms with Crippen molar-refractivity contribution >= 4 is 0 Å². The predicted molar refractivity (Wildman–Crippen MR) is 63.5 cm³/mol. The first-order valence-corrected chi connectivity index (χ1v) is 5.15. The van der Waals surface area contributed by atoms with Gasteiger partial charge in [0.05, 0.1) is 0 Å². The average molecular weight is 186 g/mol. The van der Waals surface area contributed by atoms with E-state index < -0.39 is 0 Å². The van der Waals surface area contributed by atoms with Crippen molar-refractivity contribution in [3.05, 3.63) is 60.2 Å². The zero-order valence-corrected chi connectivity index (χ0v) is 8.92. The third-order valence-corrected chi connectivity index (χ3v) is 2.34. The molecule has 0 aromatic heterocycles. The fraction of sp³-hybridized carbons (Fsp3) is 0.286. The second-order valence-electron chi connectivity index (χ2n) is 3.56. The van der Waals surface area contributed by atoms with Crippen LogP contribution in [-0.2, 0) is 12.8 Å². The Bertz CT molecular complexity index is 321. The van der Waals surface area contributed by atoms with Gasteiger partial charge in [-0.3, -0.25) is 0 Å². The summed E-state index contributed by atoms with van der Waals surface area (Å²) in [7, 11) is 0. The van der Waals surface area contributed by atoms with Crippen molar-refractivity contribution in [2.45, 2.75) is 26.2 Å². The summed E-state index contributed by atoms with van der Waals surface area (Å²) in [6.07, 6.45) is 5.11. The standard InChI is InChI=1S/C14H18/c1-4-8-13-9-6-7-10-14(13)11-12(3)5-2/h5-7,9-10H,2-4,8,11H2,1H3. The van der Waals surface area contributed by atoms with Crippen LogP contribution in [0.25, 0.3) is 0 Å². The molecule has 0 aliphatic carbocycles. The third-order valence-electron chi connectivity index (χ3n) is 2.34. The quantitative estimate of drug-likeness (QED) is 0.611. The Balaban J connectivity index is 2.83. The monoisotopic (exact) mass is 186 g/mol. The van der Waals surface area contributed by atoms with E-state index in [2.05, 4.69) is 44.3 Å². The van der Waals surface area contributed by atoms with Gasteiger partial charge in [-0.1, -0.05) is 62.4 Å². The number of hydrogen-bond donors (Lipinski definition) is 0. The Morgan fingerprint density at radius 3 is 2.50 bits per heavy atom. The molecule has 1 rings (SSSR count). The van der Waals surface area contributed by atoms with Crippen molar-refractivity contribution < 1.29 is 0 Å². The summed E-state index contributed by atoms with van der Waals surface area (Å²) in [4.78, 5) is 0. The van der Waals surface area contributed by atoms with Crippen LogP contribution in [0.5, 0.6) is 0 Å². The van der Waals surface area contributed by atoms with Gasteiger partial charge in [0.15, 0.2) is 0 Å². The lowest BCUT2D eigenvalue weighted by Gasteiger charge is -2.08. The average Bonchev–Trinajstić information content (AvgIpc) is 2.21. The molecule has 0 aliphatic rings. The summed E-state index contributed by atoms with van der Waals surface area (Å²) in [5, 5.41) is 0. The zero-order valence-electron chi connectivity index (χ0n) is 8.92. The Morgan fingerprint density at radius 2 is 1.93 bits per heavy atom. The molecule has 14 heavy (non-hydrogen) atoms. The van der Waals surface area contributed by atoms with Crippen LogP contribution in [0, 0.1) is 0 Å². The van der Waals surface area contributed by atoms with E-state index in [4.69, 9.17) is 0 Å². The predicted octanol–water partition coefficient (Wildman–Crippen LogP) is 3.92. The molecule has 0 amide bonds. The fourth-order valence-electron chi connectivity index (χ4n) is 1.56. The van der Waals surface area contributed by atoms with Crippen molar-refractivity contribution in [2.24, 2.45) is 0 Å². The van der Waals surface area contributed by atoms with E-state index in [-0.39, 0.29) is 0 Å². The van der Waals surface area contributed by atoms with Crippen LogP contribution in [0.2, 0.25) is 0 Å². The summed E-state index contributed by atoms with van der Waals surface area (Å²) in [5.41, 5.74) is 3.92. The second-order valence-corrected chi connectivity index (χ2v) is 3.56. The Hall–Kier alpha value is -1.30. The molecule has 0 fully saturated rings. The van der Waals surface area contributed by atoms with Crippen LogP contribution >= 0.6 is 0 Å². The molecular weight excluding hydrogens is 168 g/mol. The Kier molecular flexibility index (Phi) is 4.18. The molecule has 0 unspecified atom stereocenters. The second kappa shape index (κ2) is 5.43. The van der Waals surface area contributed by atoms with Crippen LogP contribution in [0.1, 0.15) is 24.5 Å². The molecule has 0 radical (unpaired) electrons. The first kappa shape index (κ1) is 10.8. The van der Waals surface area contributed by atoms with Gasteiger partial charge in [0.1, 0.15) is 0 Å². The zero-order chi connectivity index (χ0) is 10.4. The highest BCUT2D eigenvalue weighted by molar-refractivity contribution is 5.32. The lowest BCUT2D eigenvalue weighted by molar-refractivity contribution is 0.904.